The number of hydrogen-bond acceptors (Lipinski definition) is 5. The summed E-state index contributed by atoms with van der Waals surface area (Å²) in [5, 5.41) is 8.13. The van der Waals surface area contributed by atoms with E-state index in [1.165, 1.54) is 0 Å². The van der Waals surface area contributed by atoms with Gasteiger partial charge in [-0.3, -0.25) is 4.79 Å². The molecule has 1 amide bonds. The lowest BCUT2D eigenvalue weighted by Gasteiger charge is -2.32. The molecule has 0 bridgehead atoms. The van der Waals surface area contributed by atoms with E-state index in [0.717, 1.165) is 25.2 Å². The van der Waals surface area contributed by atoms with E-state index in [1.54, 1.807) is 13.4 Å². The third-order valence-corrected chi connectivity index (χ3v) is 4.53. The van der Waals surface area contributed by atoms with E-state index in [0.29, 0.717) is 31.1 Å². The zero-order valence-corrected chi connectivity index (χ0v) is 14.7. The first-order valence-corrected chi connectivity index (χ1v) is 8.56. The van der Waals surface area contributed by atoms with Crippen LogP contribution in [-0.2, 0) is 11.8 Å². The third kappa shape index (κ3) is 4.10. The average Bonchev–Trinajstić information content (AvgIpc) is 3.08. The summed E-state index contributed by atoms with van der Waals surface area (Å²) in [4.78, 5) is 14.4. The topological polar surface area (TPSA) is 69.5 Å². The Labute approximate surface area is 147 Å². The summed E-state index contributed by atoms with van der Waals surface area (Å²) in [5.74, 6) is 2.65. The van der Waals surface area contributed by atoms with Gasteiger partial charge >= 0.3 is 0 Å². The number of carbonyl (C=O) groups excluding carboxylic acids is 1. The Morgan fingerprint density at radius 1 is 1.32 bits per heavy atom. The van der Waals surface area contributed by atoms with E-state index in [9.17, 15) is 4.79 Å². The highest BCUT2D eigenvalue weighted by Crippen LogP contribution is 2.27. The molecule has 1 aliphatic heterocycles. The van der Waals surface area contributed by atoms with Gasteiger partial charge in [-0.15, -0.1) is 10.2 Å². The average molecular weight is 344 g/mol. The molecule has 1 aromatic heterocycles. The Morgan fingerprint density at radius 3 is 2.84 bits per heavy atom. The summed E-state index contributed by atoms with van der Waals surface area (Å²) < 4.78 is 12.9. The fraction of sp³-hybridized carbons (Fsp3) is 0.500. The highest BCUT2D eigenvalue weighted by Gasteiger charge is 2.27. The van der Waals surface area contributed by atoms with Crippen molar-refractivity contribution < 1.29 is 14.3 Å². The molecule has 0 radical (unpaired) electrons. The minimum atomic E-state index is 0.113. The molecule has 2 heterocycles. The highest BCUT2D eigenvalue weighted by atomic mass is 16.5. The molecule has 134 valence electrons. The lowest BCUT2D eigenvalue weighted by Crippen LogP contribution is -2.40. The monoisotopic (exact) mass is 344 g/mol. The maximum Gasteiger partial charge on any atom is 0.226 e. The van der Waals surface area contributed by atoms with Crippen LogP contribution in [0.15, 0.2) is 30.6 Å². The zero-order valence-electron chi connectivity index (χ0n) is 14.7. The van der Waals surface area contributed by atoms with Gasteiger partial charge in [0.2, 0.25) is 5.91 Å². The number of aromatic nitrogens is 3. The summed E-state index contributed by atoms with van der Waals surface area (Å²) >= 11 is 0. The highest BCUT2D eigenvalue weighted by molar-refractivity contribution is 5.76. The smallest absolute Gasteiger partial charge is 0.226 e. The Balaban J connectivity index is 1.52. The molecule has 1 aromatic carbocycles. The summed E-state index contributed by atoms with van der Waals surface area (Å²) in [6.07, 6.45) is 4.07. The van der Waals surface area contributed by atoms with Gasteiger partial charge in [0.1, 0.15) is 12.2 Å². The number of likely N-dealkylation sites (tertiary alicyclic amines) is 1. The zero-order chi connectivity index (χ0) is 17.6. The van der Waals surface area contributed by atoms with E-state index in [-0.39, 0.29) is 11.8 Å². The normalized spacial score (nSPS) is 17.4. The second-order valence-electron chi connectivity index (χ2n) is 6.23. The van der Waals surface area contributed by atoms with Crippen molar-refractivity contribution in [2.24, 2.45) is 7.05 Å². The van der Waals surface area contributed by atoms with Gasteiger partial charge in [0.05, 0.1) is 20.1 Å². The minimum absolute atomic E-state index is 0.113. The fourth-order valence-corrected chi connectivity index (χ4v) is 3.22. The summed E-state index contributed by atoms with van der Waals surface area (Å²) in [5.41, 5.74) is 0. The summed E-state index contributed by atoms with van der Waals surface area (Å²) in [7, 11) is 3.55. The maximum atomic E-state index is 12.5. The van der Waals surface area contributed by atoms with Gasteiger partial charge in [0.15, 0.2) is 11.5 Å². The Morgan fingerprint density at radius 2 is 2.12 bits per heavy atom. The molecule has 0 spiro atoms. The number of methoxy groups -OCH3 is 1. The standard InChI is InChI=1S/C18H24N4O3/c1-21-13-19-20-18(21)14-6-5-10-22(12-14)17(23)9-11-25-16-8-4-3-7-15(16)24-2/h3-4,7-8,13-14H,5-6,9-12H2,1-2H3/t14-/m0/s1. The van der Waals surface area contributed by atoms with Gasteiger partial charge in [0.25, 0.3) is 0 Å². The SMILES string of the molecule is COc1ccccc1OCCC(=O)N1CCC[C@H](c2nncn2C)C1. The molecule has 0 unspecified atom stereocenters. The Bertz CT molecular complexity index is 716. The minimum Gasteiger partial charge on any atom is -0.493 e. The molecular weight excluding hydrogens is 320 g/mol. The van der Waals surface area contributed by atoms with Crippen LogP contribution in [0.5, 0.6) is 11.5 Å². The molecule has 0 aliphatic carbocycles. The molecule has 7 heteroatoms. The number of nitrogens with zero attached hydrogens (tertiary/aromatic N) is 4. The molecule has 25 heavy (non-hydrogen) atoms. The van der Waals surface area contributed by atoms with Gasteiger partial charge in [-0.1, -0.05) is 12.1 Å². The number of hydrogen-bond donors (Lipinski definition) is 0. The van der Waals surface area contributed by atoms with Crippen LogP contribution in [0.25, 0.3) is 0 Å². The first kappa shape index (κ1) is 17.3. The lowest BCUT2D eigenvalue weighted by atomic mass is 9.97. The van der Waals surface area contributed by atoms with Crippen LogP contribution in [0.3, 0.4) is 0 Å². The van der Waals surface area contributed by atoms with Crippen molar-refractivity contribution >= 4 is 5.91 Å². The summed E-state index contributed by atoms with van der Waals surface area (Å²) in [6, 6.07) is 7.45. The molecule has 7 nitrogen and oxygen atoms in total. The first-order chi connectivity index (χ1) is 12.2. The van der Waals surface area contributed by atoms with Crippen molar-refractivity contribution in [3.8, 4) is 11.5 Å². The summed E-state index contributed by atoms with van der Waals surface area (Å²) in [6.45, 7) is 1.83. The molecule has 1 atom stereocenters. The number of piperidine rings is 1. The number of aryl methyl sites for hydroxylation is 1. The predicted molar refractivity (Wildman–Crippen MR) is 92.7 cm³/mol. The van der Waals surface area contributed by atoms with Crippen LogP contribution in [0.4, 0.5) is 0 Å². The van der Waals surface area contributed by atoms with Crippen LogP contribution < -0.4 is 9.47 Å². The molecule has 2 aromatic rings. The van der Waals surface area contributed by atoms with E-state index in [1.807, 2.05) is 40.8 Å². The van der Waals surface area contributed by atoms with E-state index >= 15 is 0 Å². The second kappa shape index (κ2) is 8.00. The molecule has 1 saturated heterocycles. The van der Waals surface area contributed by atoms with Gasteiger partial charge in [-0.2, -0.15) is 0 Å². The van der Waals surface area contributed by atoms with Crippen molar-refractivity contribution in [1.29, 1.82) is 0 Å². The van der Waals surface area contributed by atoms with Crippen molar-refractivity contribution in [1.82, 2.24) is 19.7 Å². The van der Waals surface area contributed by atoms with E-state index < -0.39 is 0 Å². The molecule has 0 saturated carbocycles. The number of rotatable bonds is 6. The Hall–Kier alpha value is -2.57. The molecule has 3 rings (SSSR count). The van der Waals surface area contributed by atoms with E-state index in [4.69, 9.17) is 9.47 Å². The number of amides is 1. The second-order valence-corrected chi connectivity index (χ2v) is 6.23. The van der Waals surface area contributed by atoms with Crippen LogP contribution in [0, 0.1) is 0 Å². The van der Waals surface area contributed by atoms with E-state index in [2.05, 4.69) is 10.2 Å². The van der Waals surface area contributed by atoms with Gasteiger partial charge in [-0.05, 0) is 25.0 Å². The van der Waals surface area contributed by atoms with Crippen molar-refractivity contribution in [2.45, 2.75) is 25.2 Å². The largest absolute Gasteiger partial charge is 0.493 e. The molecule has 1 fully saturated rings. The quantitative estimate of drug-likeness (QED) is 0.802. The molecule has 0 N–H and O–H groups in total. The number of ether oxygens (including phenoxy) is 2. The third-order valence-electron chi connectivity index (χ3n) is 4.53. The van der Waals surface area contributed by atoms with Crippen LogP contribution >= 0.6 is 0 Å². The number of para-hydroxylation sites is 2. The maximum absolute atomic E-state index is 12.5. The van der Waals surface area contributed by atoms with Gasteiger partial charge in [-0.25, -0.2) is 0 Å². The predicted octanol–water partition coefficient (Wildman–Crippen LogP) is 2.00. The molecule has 1 aliphatic rings. The van der Waals surface area contributed by atoms with Crippen LogP contribution in [0.1, 0.15) is 31.0 Å². The Kier molecular flexibility index (Phi) is 5.53. The van der Waals surface area contributed by atoms with Crippen molar-refractivity contribution in [2.75, 3.05) is 26.8 Å². The van der Waals surface area contributed by atoms with Crippen LogP contribution in [0.2, 0.25) is 0 Å². The van der Waals surface area contributed by atoms with Gasteiger partial charge < -0.3 is 18.9 Å². The first-order valence-electron chi connectivity index (χ1n) is 8.56. The lowest BCUT2D eigenvalue weighted by molar-refractivity contribution is -0.133. The number of benzene rings is 1. The van der Waals surface area contributed by atoms with Crippen molar-refractivity contribution in [3.63, 3.8) is 0 Å². The fourth-order valence-electron chi connectivity index (χ4n) is 3.22. The van der Waals surface area contributed by atoms with Crippen molar-refractivity contribution in [3.05, 3.63) is 36.4 Å². The number of carbonyl (C=O) groups is 1. The van der Waals surface area contributed by atoms with Gasteiger partial charge in [0, 0.05) is 26.1 Å². The van der Waals surface area contributed by atoms with Crippen LogP contribution in [-0.4, -0.2) is 52.4 Å². The molecular formula is C18H24N4O3.